The van der Waals surface area contributed by atoms with Gasteiger partial charge in [0.1, 0.15) is 17.8 Å². The Kier molecular flexibility index (Phi) is 6.54. The largest absolute Gasteiger partial charge is 0.496 e. The number of para-hydroxylation sites is 1. The van der Waals surface area contributed by atoms with E-state index >= 15 is 0 Å². The van der Waals surface area contributed by atoms with Crippen LogP contribution in [0.2, 0.25) is 0 Å². The highest BCUT2D eigenvalue weighted by atomic mass is 16.5. The van der Waals surface area contributed by atoms with Crippen LogP contribution in [0.5, 0.6) is 17.2 Å². The summed E-state index contributed by atoms with van der Waals surface area (Å²) < 4.78 is 22.0. The number of carbonyl (C=O) groups is 1. The number of nitrogens with zero attached hydrogens (tertiary/aromatic N) is 1. The van der Waals surface area contributed by atoms with Gasteiger partial charge in [-0.15, -0.1) is 0 Å². The molecule has 1 heterocycles. The smallest absolute Gasteiger partial charge is 0.226 e. The van der Waals surface area contributed by atoms with Crippen LogP contribution in [0, 0.1) is 0 Å². The lowest BCUT2D eigenvalue weighted by Crippen LogP contribution is -2.08. The Balaban J connectivity index is 1.73. The van der Waals surface area contributed by atoms with Gasteiger partial charge in [-0.25, -0.2) is 4.98 Å². The van der Waals surface area contributed by atoms with Crippen LogP contribution in [-0.4, -0.2) is 31.1 Å². The second-order valence-corrected chi connectivity index (χ2v) is 6.88. The van der Waals surface area contributed by atoms with E-state index in [2.05, 4.69) is 4.98 Å². The molecule has 0 spiro atoms. The molecule has 0 aliphatic heterocycles. The van der Waals surface area contributed by atoms with Crippen molar-refractivity contribution in [2.24, 2.45) is 0 Å². The van der Waals surface area contributed by atoms with E-state index in [0.717, 1.165) is 11.1 Å². The topological polar surface area (TPSA) is 70.8 Å². The molecule has 0 fully saturated rings. The average molecular weight is 395 g/mol. The van der Waals surface area contributed by atoms with Crippen LogP contribution in [0.1, 0.15) is 25.1 Å². The number of aromatic nitrogens is 1. The normalized spacial score (nSPS) is 10.8. The molecule has 0 amide bonds. The van der Waals surface area contributed by atoms with Crippen molar-refractivity contribution in [3.63, 3.8) is 0 Å². The summed E-state index contributed by atoms with van der Waals surface area (Å²) in [6.45, 7) is 3.89. The number of oxazole rings is 1. The second kappa shape index (κ2) is 9.28. The van der Waals surface area contributed by atoms with Gasteiger partial charge in [0.25, 0.3) is 0 Å². The number of benzene rings is 2. The summed E-state index contributed by atoms with van der Waals surface area (Å²) in [7, 11) is 3.19. The molecule has 0 radical (unpaired) electrons. The van der Waals surface area contributed by atoms with E-state index in [-0.39, 0.29) is 24.7 Å². The van der Waals surface area contributed by atoms with E-state index in [1.807, 2.05) is 56.3 Å². The summed E-state index contributed by atoms with van der Waals surface area (Å²) in [5, 5.41) is 0. The molecular weight excluding hydrogens is 370 g/mol. The fourth-order valence-electron chi connectivity index (χ4n) is 3.00. The lowest BCUT2D eigenvalue weighted by Gasteiger charge is -2.13. The molecule has 0 aliphatic rings. The van der Waals surface area contributed by atoms with Crippen LogP contribution in [0.25, 0.3) is 11.5 Å². The number of rotatable bonds is 9. The summed E-state index contributed by atoms with van der Waals surface area (Å²) in [6.07, 6.45) is 1.99. The second-order valence-electron chi connectivity index (χ2n) is 6.88. The predicted octanol–water partition coefficient (Wildman–Crippen LogP) is 4.50. The summed E-state index contributed by atoms with van der Waals surface area (Å²) in [5.74, 6) is 2.43. The minimum atomic E-state index is 0.00636. The van der Waals surface area contributed by atoms with Gasteiger partial charge in [-0.1, -0.05) is 18.2 Å². The maximum absolute atomic E-state index is 12.5. The number of ketones is 1. The number of hydrogen-bond donors (Lipinski definition) is 0. The molecule has 3 aromatic rings. The van der Waals surface area contributed by atoms with Crippen molar-refractivity contribution in [2.75, 3.05) is 14.2 Å². The Morgan fingerprint density at radius 1 is 1.00 bits per heavy atom. The quantitative estimate of drug-likeness (QED) is 0.531. The zero-order valence-corrected chi connectivity index (χ0v) is 17.1. The fraction of sp³-hybridized carbons (Fsp3) is 0.304. The minimum Gasteiger partial charge on any atom is -0.496 e. The van der Waals surface area contributed by atoms with Gasteiger partial charge in [0.05, 0.1) is 32.4 Å². The third-order valence-corrected chi connectivity index (χ3v) is 4.28. The first kappa shape index (κ1) is 20.5. The fourth-order valence-corrected chi connectivity index (χ4v) is 3.00. The van der Waals surface area contributed by atoms with E-state index in [1.54, 1.807) is 14.2 Å². The van der Waals surface area contributed by atoms with E-state index in [9.17, 15) is 4.79 Å². The van der Waals surface area contributed by atoms with Crippen molar-refractivity contribution in [1.82, 2.24) is 4.98 Å². The molecule has 0 bridgehead atoms. The van der Waals surface area contributed by atoms with Crippen LogP contribution in [0.3, 0.4) is 0 Å². The number of methoxy groups -OCH3 is 2. The number of Topliss-reactive ketones (excluding diaryl/α,β-unsaturated/α-hetero) is 1. The zero-order chi connectivity index (χ0) is 20.8. The summed E-state index contributed by atoms with van der Waals surface area (Å²) in [5.41, 5.74) is 2.20. The SMILES string of the molecule is COc1ccccc1CC(=O)Cc1coc(-c2ccc(OC)c(OC(C)C)c2)n1. The van der Waals surface area contributed by atoms with E-state index in [4.69, 9.17) is 18.6 Å². The first-order valence-electron chi connectivity index (χ1n) is 9.43. The third kappa shape index (κ3) is 5.16. The van der Waals surface area contributed by atoms with Crippen LogP contribution in [0.4, 0.5) is 0 Å². The average Bonchev–Trinajstić information content (AvgIpc) is 3.16. The summed E-state index contributed by atoms with van der Waals surface area (Å²) in [6, 6.07) is 13.0. The molecule has 6 heteroatoms. The zero-order valence-electron chi connectivity index (χ0n) is 17.1. The molecule has 1 aromatic heterocycles. The van der Waals surface area contributed by atoms with Gasteiger partial charge >= 0.3 is 0 Å². The lowest BCUT2D eigenvalue weighted by molar-refractivity contribution is -0.117. The molecule has 0 N–H and O–H groups in total. The van der Waals surface area contributed by atoms with Gasteiger partial charge in [-0.05, 0) is 38.1 Å². The standard InChI is InChI=1S/C23H25NO5/c1-15(2)29-22-12-17(9-10-21(22)27-4)23-24-18(14-28-23)13-19(25)11-16-7-5-6-8-20(16)26-3/h5-10,12,14-15H,11,13H2,1-4H3. The third-order valence-electron chi connectivity index (χ3n) is 4.28. The Morgan fingerprint density at radius 3 is 2.48 bits per heavy atom. The number of carbonyl (C=O) groups excluding carboxylic acids is 1. The Labute approximate surface area is 170 Å². The highest BCUT2D eigenvalue weighted by molar-refractivity contribution is 5.83. The van der Waals surface area contributed by atoms with E-state index < -0.39 is 0 Å². The molecule has 0 aliphatic carbocycles. The molecule has 0 unspecified atom stereocenters. The molecule has 6 nitrogen and oxygen atoms in total. The number of ether oxygens (including phenoxy) is 3. The van der Waals surface area contributed by atoms with Crippen molar-refractivity contribution in [3.8, 4) is 28.7 Å². The lowest BCUT2D eigenvalue weighted by atomic mass is 10.1. The van der Waals surface area contributed by atoms with Crippen LogP contribution < -0.4 is 14.2 Å². The molecule has 0 saturated carbocycles. The van der Waals surface area contributed by atoms with Crippen LogP contribution in [-0.2, 0) is 17.6 Å². The van der Waals surface area contributed by atoms with E-state index in [1.165, 1.54) is 6.26 Å². The number of hydrogen-bond acceptors (Lipinski definition) is 6. The molecule has 152 valence electrons. The Morgan fingerprint density at radius 2 is 1.76 bits per heavy atom. The molecule has 0 atom stereocenters. The minimum absolute atomic E-state index is 0.00636. The highest BCUT2D eigenvalue weighted by Crippen LogP contribution is 2.33. The summed E-state index contributed by atoms with van der Waals surface area (Å²) in [4.78, 5) is 16.9. The van der Waals surface area contributed by atoms with Gasteiger partial charge in [-0.2, -0.15) is 0 Å². The summed E-state index contributed by atoms with van der Waals surface area (Å²) >= 11 is 0. The van der Waals surface area contributed by atoms with Crippen molar-refractivity contribution < 1.29 is 23.4 Å². The van der Waals surface area contributed by atoms with E-state index in [0.29, 0.717) is 28.8 Å². The predicted molar refractivity (Wildman–Crippen MR) is 110 cm³/mol. The molecular formula is C23H25NO5. The van der Waals surface area contributed by atoms with Crippen molar-refractivity contribution in [1.29, 1.82) is 0 Å². The first-order chi connectivity index (χ1) is 14.0. The molecule has 3 rings (SSSR count). The maximum Gasteiger partial charge on any atom is 0.226 e. The first-order valence-corrected chi connectivity index (χ1v) is 9.43. The maximum atomic E-state index is 12.5. The van der Waals surface area contributed by atoms with Gasteiger partial charge in [-0.3, -0.25) is 4.79 Å². The Bertz CT molecular complexity index is 977. The Hall–Kier alpha value is -3.28. The van der Waals surface area contributed by atoms with Crippen molar-refractivity contribution in [3.05, 3.63) is 60.0 Å². The van der Waals surface area contributed by atoms with Gasteiger partial charge < -0.3 is 18.6 Å². The molecule has 29 heavy (non-hydrogen) atoms. The van der Waals surface area contributed by atoms with Gasteiger partial charge in [0.2, 0.25) is 5.89 Å². The van der Waals surface area contributed by atoms with Gasteiger partial charge in [0, 0.05) is 17.5 Å². The molecule has 2 aromatic carbocycles. The van der Waals surface area contributed by atoms with Crippen LogP contribution in [0.15, 0.2) is 53.1 Å². The van der Waals surface area contributed by atoms with Crippen molar-refractivity contribution in [2.45, 2.75) is 32.8 Å². The van der Waals surface area contributed by atoms with Crippen molar-refractivity contribution >= 4 is 5.78 Å². The highest BCUT2D eigenvalue weighted by Gasteiger charge is 2.15. The monoisotopic (exact) mass is 395 g/mol. The van der Waals surface area contributed by atoms with Gasteiger partial charge in [0.15, 0.2) is 11.5 Å². The molecule has 0 saturated heterocycles. The van der Waals surface area contributed by atoms with Crippen LogP contribution >= 0.6 is 0 Å².